The molecule has 0 fully saturated rings. The van der Waals surface area contributed by atoms with Crippen LogP contribution in [-0.2, 0) is 15.2 Å². The molecule has 0 saturated heterocycles. The Hall–Kier alpha value is -2.81. The molecule has 3 N–H and O–H groups in total. The number of carbonyl (C=O) groups excluding carboxylic acids is 1. The third-order valence-corrected chi connectivity index (χ3v) is 6.98. The van der Waals surface area contributed by atoms with Crippen molar-refractivity contribution in [2.24, 2.45) is 10.7 Å². The number of amides is 1. The Morgan fingerprint density at radius 1 is 1.43 bits per heavy atom. The molecule has 150 valence electrons. The number of aliphatic imine (C=N–C) groups is 1. The van der Waals surface area contributed by atoms with Gasteiger partial charge in [0.25, 0.3) is 5.91 Å². The van der Waals surface area contributed by atoms with E-state index >= 15 is 0 Å². The fourth-order valence-corrected chi connectivity index (χ4v) is 4.94. The summed E-state index contributed by atoms with van der Waals surface area (Å²) in [5.41, 5.74) is 5.66. The van der Waals surface area contributed by atoms with Crippen molar-refractivity contribution < 1.29 is 17.8 Å². The molecule has 28 heavy (non-hydrogen) atoms. The Morgan fingerprint density at radius 2 is 2.11 bits per heavy atom. The van der Waals surface area contributed by atoms with Crippen LogP contribution in [0.15, 0.2) is 33.7 Å². The van der Waals surface area contributed by atoms with Gasteiger partial charge in [-0.1, -0.05) is 0 Å². The Morgan fingerprint density at radius 3 is 2.68 bits per heavy atom. The van der Waals surface area contributed by atoms with E-state index in [0.717, 1.165) is 0 Å². The summed E-state index contributed by atoms with van der Waals surface area (Å²) in [4.78, 5) is 16.9. The van der Waals surface area contributed by atoms with Crippen LogP contribution >= 0.6 is 0 Å². The summed E-state index contributed by atoms with van der Waals surface area (Å²) in [6.07, 6.45) is 0. The van der Waals surface area contributed by atoms with Crippen LogP contribution in [0.4, 0.5) is 10.1 Å². The summed E-state index contributed by atoms with van der Waals surface area (Å²) in [5, 5.41) is 2.73. The van der Waals surface area contributed by atoms with E-state index in [9.17, 15) is 13.4 Å². The Kier molecular flexibility index (Phi) is 4.74. The third kappa shape index (κ3) is 3.49. The highest BCUT2D eigenvalue weighted by molar-refractivity contribution is 7.98. The quantitative estimate of drug-likeness (QED) is 0.764. The second-order valence-electron chi connectivity index (χ2n) is 7.13. The maximum atomic E-state index is 14.6. The number of furan rings is 1. The molecule has 0 radical (unpaired) electrons. The summed E-state index contributed by atoms with van der Waals surface area (Å²) in [5.74, 6) is 3.95. The molecule has 1 aliphatic heterocycles. The van der Waals surface area contributed by atoms with Crippen molar-refractivity contribution in [1.29, 1.82) is 0 Å². The van der Waals surface area contributed by atoms with Crippen molar-refractivity contribution in [2.75, 3.05) is 18.1 Å². The molecule has 3 rings (SSSR count). The number of hydrogen-bond acceptors (Lipinski definition) is 5. The smallest absolute Gasteiger partial charge is 0.259 e. The molecule has 1 amide bonds. The van der Waals surface area contributed by atoms with Crippen molar-refractivity contribution in [3.05, 3.63) is 52.7 Å². The van der Waals surface area contributed by atoms with Crippen molar-refractivity contribution in [3.8, 4) is 0 Å². The first-order valence-electron chi connectivity index (χ1n) is 8.55. The number of halogens is 1. The first kappa shape index (κ1) is 19.9. The fourth-order valence-electron chi connectivity index (χ4n) is 3.27. The molecule has 1 aliphatic rings. The van der Waals surface area contributed by atoms with Crippen LogP contribution in [-0.4, -0.2) is 39.1 Å². The third-order valence-electron chi connectivity index (χ3n) is 4.78. The maximum Gasteiger partial charge on any atom is 0.259 e. The van der Waals surface area contributed by atoms with Crippen LogP contribution < -0.4 is 11.1 Å². The number of nitrogens with zero attached hydrogens (tertiary/aromatic N) is 2. The van der Waals surface area contributed by atoms with E-state index in [2.05, 4.69) is 16.2 Å². The normalized spacial score (nSPS) is 24.8. The van der Waals surface area contributed by atoms with E-state index in [-0.39, 0.29) is 23.2 Å². The maximum absolute atomic E-state index is 14.6. The zero-order chi connectivity index (χ0) is 20.9. The number of hydrogen-bond donors (Lipinski definition) is 2. The van der Waals surface area contributed by atoms with Crippen molar-refractivity contribution in [1.82, 2.24) is 4.31 Å². The van der Waals surface area contributed by atoms with Crippen LogP contribution in [0.5, 0.6) is 0 Å². The number of nitrogens with one attached hydrogen (secondary N) is 1. The highest BCUT2D eigenvalue weighted by atomic mass is 32.2. The van der Waals surface area contributed by atoms with Crippen molar-refractivity contribution in [2.45, 2.75) is 26.3 Å². The van der Waals surface area contributed by atoms with E-state index in [1.54, 1.807) is 26.8 Å². The van der Waals surface area contributed by atoms with E-state index in [1.165, 1.54) is 29.6 Å². The largest absolute Gasteiger partial charge is 0.466 e. The van der Waals surface area contributed by atoms with Gasteiger partial charge in [0.2, 0.25) is 5.96 Å². The molecule has 9 heteroatoms. The molecular weight excluding hydrogens is 383 g/mol. The van der Waals surface area contributed by atoms with Gasteiger partial charge in [0.1, 0.15) is 22.9 Å². The lowest BCUT2D eigenvalue weighted by Gasteiger charge is -2.37. The van der Waals surface area contributed by atoms with Crippen molar-refractivity contribution in [3.63, 3.8) is 0 Å². The second-order valence-corrected chi connectivity index (χ2v) is 9.52. The van der Waals surface area contributed by atoms with Gasteiger partial charge in [-0.15, -0.1) is 0 Å². The van der Waals surface area contributed by atoms with E-state index in [1.807, 2.05) is 0 Å². The SMILES string of the molecule is C=S1(=O)C[C@@](C)(c2cc(NC(=O)c3cc(C)oc3C)ccc2F)N=C(N)N1C. The molecule has 0 bridgehead atoms. The zero-order valence-electron chi connectivity index (χ0n) is 16.2. The second kappa shape index (κ2) is 6.66. The van der Waals surface area contributed by atoms with Crippen LogP contribution in [0, 0.1) is 19.7 Å². The number of guanidine groups is 1. The average molecular weight is 406 g/mol. The molecule has 1 aromatic heterocycles. The average Bonchev–Trinajstić information content (AvgIpc) is 2.92. The van der Waals surface area contributed by atoms with Gasteiger partial charge in [0.15, 0.2) is 0 Å². The minimum Gasteiger partial charge on any atom is -0.466 e. The number of carbonyl (C=O) groups is 1. The summed E-state index contributed by atoms with van der Waals surface area (Å²) in [6, 6.07) is 5.80. The monoisotopic (exact) mass is 406 g/mol. The molecular formula is C19H23FN4O3S. The Balaban J connectivity index is 1.98. The van der Waals surface area contributed by atoms with E-state index < -0.39 is 21.1 Å². The van der Waals surface area contributed by atoms with E-state index in [0.29, 0.717) is 22.8 Å². The minimum atomic E-state index is -2.75. The Labute approximate surface area is 163 Å². The van der Waals surface area contributed by atoms with Crippen LogP contribution in [0.25, 0.3) is 0 Å². The number of nitrogens with two attached hydrogens (primary N) is 1. The zero-order valence-corrected chi connectivity index (χ0v) is 17.0. The molecule has 2 aromatic rings. The molecule has 1 aromatic carbocycles. The summed E-state index contributed by atoms with van der Waals surface area (Å²) >= 11 is 0. The number of benzene rings is 1. The summed E-state index contributed by atoms with van der Waals surface area (Å²) in [6.45, 7) is 5.09. The fraction of sp³-hybridized carbons (Fsp3) is 0.316. The van der Waals surface area contributed by atoms with Crippen LogP contribution in [0.3, 0.4) is 0 Å². The highest BCUT2D eigenvalue weighted by Gasteiger charge is 2.38. The summed E-state index contributed by atoms with van der Waals surface area (Å²) < 4.78 is 34.1. The lowest BCUT2D eigenvalue weighted by molar-refractivity contribution is 0.102. The van der Waals surface area contributed by atoms with Crippen LogP contribution in [0.1, 0.15) is 34.4 Å². The van der Waals surface area contributed by atoms with E-state index in [4.69, 9.17) is 10.2 Å². The van der Waals surface area contributed by atoms with Gasteiger partial charge in [-0.2, -0.15) is 0 Å². The van der Waals surface area contributed by atoms with Gasteiger partial charge in [-0.25, -0.2) is 13.6 Å². The molecule has 2 atom stereocenters. The first-order valence-corrected chi connectivity index (χ1v) is 10.4. The van der Waals surface area contributed by atoms with Crippen LogP contribution in [0.2, 0.25) is 0 Å². The van der Waals surface area contributed by atoms with Crippen molar-refractivity contribution >= 4 is 33.1 Å². The van der Waals surface area contributed by atoms with Gasteiger partial charge < -0.3 is 15.5 Å². The molecule has 0 spiro atoms. The Bertz CT molecular complexity index is 1090. The lowest BCUT2D eigenvalue weighted by atomic mass is 9.93. The lowest BCUT2D eigenvalue weighted by Crippen LogP contribution is -2.50. The molecule has 0 aliphatic carbocycles. The van der Waals surface area contributed by atoms with Gasteiger partial charge in [-0.3, -0.25) is 9.10 Å². The van der Waals surface area contributed by atoms with Gasteiger partial charge >= 0.3 is 0 Å². The van der Waals surface area contributed by atoms with Gasteiger partial charge in [-0.05, 0) is 50.9 Å². The van der Waals surface area contributed by atoms with Gasteiger partial charge in [0, 0.05) is 18.3 Å². The topological polar surface area (TPSA) is 101 Å². The van der Waals surface area contributed by atoms with Gasteiger partial charge in [0.05, 0.1) is 21.0 Å². The minimum absolute atomic E-state index is 0.00838. The number of rotatable bonds is 3. The molecule has 2 heterocycles. The number of anilines is 1. The first-order chi connectivity index (χ1) is 12.9. The molecule has 7 nitrogen and oxygen atoms in total. The predicted octanol–water partition coefficient (Wildman–Crippen LogP) is 2.39. The number of aryl methyl sites for hydroxylation is 2. The molecule has 1 unspecified atom stereocenters. The highest BCUT2D eigenvalue weighted by Crippen LogP contribution is 2.34. The summed E-state index contributed by atoms with van der Waals surface area (Å²) in [7, 11) is -1.22. The standard InChI is InChI=1S/C19H23FN4O3S/c1-11-8-14(12(2)27-11)17(25)22-13-6-7-16(20)15(9-13)19(3)10-28(5,26)24(4)18(21)23-19/h6-9H,5,10H2,1-4H3,(H2,21,23)(H,22,25)/t19-,28?/m0/s1. The predicted molar refractivity (Wildman–Crippen MR) is 109 cm³/mol. The molecule has 0 saturated carbocycles.